The van der Waals surface area contributed by atoms with Crippen molar-refractivity contribution in [3.05, 3.63) is 23.2 Å². The molecule has 2 aromatic rings. The Kier molecular flexibility index (Phi) is 3.61. The second-order valence-corrected chi connectivity index (χ2v) is 4.79. The molecule has 4 nitrogen and oxygen atoms in total. The minimum absolute atomic E-state index is 0.0638. The third-order valence-electron chi connectivity index (χ3n) is 2.19. The molecule has 8 heteroatoms. The third kappa shape index (κ3) is 3.82. The van der Waals surface area contributed by atoms with Crippen molar-refractivity contribution in [2.75, 3.05) is 0 Å². The summed E-state index contributed by atoms with van der Waals surface area (Å²) in [5.41, 5.74) is 0.528. The minimum atomic E-state index is -4.73. The number of alkyl halides is 3. The lowest BCUT2D eigenvalue weighted by Gasteiger charge is -2.07. The van der Waals surface area contributed by atoms with Crippen LogP contribution in [0.25, 0.3) is 10.2 Å². The van der Waals surface area contributed by atoms with Crippen LogP contribution in [0.2, 0.25) is 0 Å². The van der Waals surface area contributed by atoms with Crippen LogP contribution in [0.15, 0.2) is 18.2 Å². The van der Waals surface area contributed by atoms with Crippen LogP contribution < -0.4 is 4.74 Å². The molecule has 0 atom stereocenters. The van der Waals surface area contributed by atoms with Crippen LogP contribution in [-0.2, 0) is 11.2 Å². The summed E-state index contributed by atoms with van der Waals surface area (Å²) in [6.07, 6.45) is -4.54. The summed E-state index contributed by atoms with van der Waals surface area (Å²) in [6, 6.07) is 3.83. The molecular weight excluding hydrogens is 283 g/mol. The first kappa shape index (κ1) is 13.6. The zero-order valence-corrected chi connectivity index (χ0v) is 10.2. The first-order chi connectivity index (χ1) is 8.83. The number of aliphatic carboxylic acids is 1. The molecule has 1 aromatic heterocycles. The van der Waals surface area contributed by atoms with E-state index in [2.05, 4.69) is 9.72 Å². The summed E-state index contributed by atoms with van der Waals surface area (Å²) in [4.78, 5) is 14.6. The molecule has 0 saturated carbocycles. The maximum absolute atomic E-state index is 12.1. The third-order valence-corrected chi connectivity index (χ3v) is 3.27. The maximum Gasteiger partial charge on any atom is 0.573 e. The Morgan fingerprint density at radius 3 is 2.79 bits per heavy atom. The molecule has 0 aliphatic heterocycles. The number of aryl methyl sites for hydroxylation is 1. The fraction of sp³-hybridized carbons (Fsp3) is 0.273. The first-order valence-corrected chi connectivity index (χ1v) is 6.02. The predicted molar refractivity (Wildman–Crippen MR) is 62.3 cm³/mol. The largest absolute Gasteiger partial charge is 0.573 e. The molecule has 2 rings (SSSR count). The van der Waals surface area contributed by atoms with Crippen molar-refractivity contribution in [2.45, 2.75) is 19.2 Å². The number of hydrogen-bond donors (Lipinski definition) is 1. The summed E-state index contributed by atoms with van der Waals surface area (Å²) in [7, 11) is 0. The summed E-state index contributed by atoms with van der Waals surface area (Å²) >= 11 is 1.16. The van der Waals surface area contributed by atoms with Crippen molar-refractivity contribution in [2.24, 2.45) is 0 Å². The minimum Gasteiger partial charge on any atom is -0.481 e. The Labute approximate surface area is 109 Å². The second kappa shape index (κ2) is 5.04. The fourth-order valence-electron chi connectivity index (χ4n) is 1.47. The number of carboxylic acids is 1. The molecule has 0 radical (unpaired) electrons. The van der Waals surface area contributed by atoms with Crippen LogP contribution in [0, 0.1) is 0 Å². The van der Waals surface area contributed by atoms with Gasteiger partial charge in [0, 0.05) is 6.42 Å². The maximum atomic E-state index is 12.1. The van der Waals surface area contributed by atoms with Crippen LogP contribution in [0.3, 0.4) is 0 Å². The van der Waals surface area contributed by atoms with E-state index in [0.29, 0.717) is 15.2 Å². The van der Waals surface area contributed by atoms with Gasteiger partial charge < -0.3 is 9.84 Å². The van der Waals surface area contributed by atoms with Crippen molar-refractivity contribution in [3.8, 4) is 5.75 Å². The summed E-state index contributed by atoms with van der Waals surface area (Å²) in [5.74, 6) is -1.26. The van der Waals surface area contributed by atoms with E-state index in [1.807, 2.05) is 0 Å². The molecule has 0 saturated heterocycles. The van der Waals surface area contributed by atoms with Crippen LogP contribution in [0.5, 0.6) is 5.75 Å². The predicted octanol–water partition coefficient (Wildman–Crippen LogP) is 3.21. The highest BCUT2D eigenvalue weighted by molar-refractivity contribution is 7.18. The van der Waals surface area contributed by atoms with Gasteiger partial charge in [0.05, 0.1) is 21.6 Å². The molecule has 0 fully saturated rings. The van der Waals surface area contributed by atoms with Gasteiger partial charge in [0.15, 0.2) is 0 Å². The van der Waals surface area contributed by atoms with Gasteiger partial charge in [-0.25, -0.2) is 4.98 Å². The highest BCUT2D eigenvalue weighted by Gasteiger charge is 2.31. The normalized spacial score (nSPS) is 11.7. The number of rotatable bonds is 4. The molecule has 0 unspecified atom stereocenters. The summed E-state index contributed by atoms with van der Waals surface area (Å²) in [5, 5.41) is 9.12. The average molecular weight is 291 g/mol. The van der Waals surface area contributed by atoms with Gasteiger partial charge in [0.1, 0.15) is 5.75 Å². The van der Waals surface area contributed by atoms with Crippen molar-refractivity contribution in [3.63, 3.8) is 0 Å². The number of benzene rings is 1. The number of carboxylic acid groups (broad SMARTS) is 1. The van der Waals surface area contributed by atoms with Gasteiger partial charge in [-0.15, -0.1) is 24.5 Å². The lowest BCUT2D eigenvalue weighted by atomic mass is 10.3. The second-order valence-electron chi connectivity index (χ2n) is 3.68. The number of halogens is 3. The van der Waals surface area contributed by atoms with Crippen LogP contribution >= 0.6 is 11.3 Å². The lowest BCUT2D eigenvalue weighted by Crippen LogP contribution is -2.16. The van der Waals surface area contributed by atoms with E-state index in [-0.39, 0.29) is 18.6 Å². The Bertz CT molecular complexity index is 609. The number of thiazole rings is 1. The van der Waals surface area contributed by atoms with Crippen molar-refractivity contribution in [1.82, 2.24) is 4.98 Å². The quantitative estimate of drug-likeness (QED) is 0.939. The van der Waals surface area contributed by atoms with Gasteiger partial charge in [0.25, 0.3) is 0 Å². The van der Waals surface area contributed by atoms with Gasteiger partial charge in [-0.2, -0.15) is 0 Å². The van der Waals surface area contributed by atoms with E-state index in [1.54, 1.807) is 0 Å². The monoisotopic (exact) mass is 291 g/mol. The van der Waals surface area contributed by atoms with Gasteiger partial charge in [0.2, 0.25) is 0 Å². The van der Waals surface area contributed by atoms with E-state index >= 15 is 0 Å². The number of fused-ring (bicyclic) bond motifs is 1. The molecule has 0 aliphatic carbocycles. The number of hydrogen-bond acceptors (Lipinski definition) is 4. The molecule has 1 heterocycles. The number of carbonyl (C=O) groups is 1. The zero-order chi connectivity index (χ0) is 14.0. The van der Waals surface area contributed by atoms with Crippen LogP contribution in [-0.4, -0.2) is 22.4 Å². The highest BCUT2D eigenvalue weighted by atomic mass is 32.1. The van der Waals surface area contributed by atoms with Gasteiger partial charge >= 0.3 is 12.3 Å². The van der Waals surface area contributed by atoms with Crippen molar-refractivity contribution in [1.29, 1.82) is 0 Å². The molecule has 0 aliphatic rings. The number of aromatic nitrogens is 1. The molecule has 102 valence electrons. The van der Waals surface area contributed by atoms with Crippen LogP contribution in [0.4, 0.5) is 13.2 Å². The fourth-order valence-corrected chi connectivity index (χ4v) is 2.47. The van der Waals surface area contributed by atoms with Crippen molar-refractivity contribution < 1.29 is 27.8 Å². The Hall–Kier alpha value is -1.83. The molecule has 0 spiro atoms. The van der Waals surface area contributed by atoms with Gasteiger partial charge in [-0.05, 0) is 18.2 Å². The number of nitrogens with zero attached hydrogens (tertiary/aromatic N) is 1. The van der Waals surface area contributed by atoms with E-state index < -0.39 is 12.3 Å². The number of ether oxygens (including phenoxy) is 1. The summed E-state index contributed by atoms with van der Waals surface area (Å²) in [6.45, 7) is 0. The van der Waals surface area contributed by atoms with E-state index in [9.17, 15) is 18.0 Å². The van der Waals surface area contributed by atoms with E-state index in [4.69, 9.17) is 5.11 Å². The molecule has 1 aromatic carbocycles. The smallest absolute Gasteiger partial charge is 0.481 e. The standard InChI is InChI=1S/C11H8F3NO3S/c12-11(13,14)18-6-1-2-7-8(5-6)19-9(15-7)3-4-10(16)17/h1-2,5H,3-4H2,(H,16,17). The van der Waals surface area contributed by atoms with Crippen LogP contribution in [0.1, 0.15) is 11.4 Å². The molecule has 1 N–H and O–H groups in total. The Morgan fingerprint density at radius 1 is 1.42 bits per heavy atom. The zero-order valence-electron chi connectivity index (χ0n) is 9.40. The van der Waals surface area contributed by atoms with E-state index in [1.165, 1.54) is 18.2 Å². The van der Waals surface area contributed by atoms with Gasteiger partial charge in [-0.3, -0.25) is 4.79 Å². The van der Waals surface area contributed by atoms with Crippen molar-refractivity contribution >= 4 is 27.5 Å². The highest BCUT2D eigenvalue weighted by Crippen LogP contribution is 2.29. The molecular formula is C11H8F3NO3S. The average Bonchev–Trinajstić information content (AvgIpc) is 2.66. The molecule has 19 heavy (non-hydrogen) atoms. The Balaban J connectivity index is 2.21. The Morgan fingerprint density at radius 2 is 2.16 bits per heavy atom. The lowest BCUT2D eigenvalue weighted by molar-refractivity contribution is -0.274. The first-order valence-electron chi connectivity index (χ1n) is 5.20. The van der Waals surface area contributed by atoms with Gasteiger partial charge in [-0.1, -0.05) is 0 Å². The topological polar surface area (TPSA) is 59.4 Å². The molecule has 0 amide bonds. The van der Waals surface area contributed by atoms with E-state index in [0.717, 1.165) is 11.3 Å². The SMILES string of the molecule is O=C(O)CCc1nc2ccc(OC(F)(F)F)cc2s1. The summed E-state index contributed by atoms with van der Waals surface area (Å²) < 4.78 is 40.5. The molecule has 0 bridgehead atoms.